The Hall–Kier alpha value is -2.18. The number of methoxy groups -OCH3 is 1. The van der Waals surface area contributed by atoms with Gasteiger partial charge in [0.1, 0.15) is 11.7 Å². The van der Waals surface area contributed by atoms with E-state index in [4.69, 9.17) is 25.4 Å². The number of halogens is 1. The number of ether oxygens (including phenoxy) is 1. The molecule has 0 fully saturated rings. The highest BCUT2D eigenvalue weighted by Gasteiger charge is 2.46. The van der Waals surface area contributed by atoms with Crippen LogP contribution in [-0.4, -0.2) is 39.2 Å². The highest BCUT2D eigenvalue weighted by molar-refractivity contribution is 7.54. The van der Waals surface area contributed by atoms with Crippen LogP contribution in [0.3, 0.4) is 0 Å². The zero-order chi connectivity index (χ0) is 20.7. The molecule has 1 amide bonds. The second-order valence-electron chi connectivity index (χ2n) is 5.74. The van der Waals surface area contributed by atoms with Crippen molar-refractivity contribution in [1.29, 1.82) is 0 Å². The number of carbonyl (C=O) groups is 2. The molecule has 7 nitrogen and oxygen atoms in total. The second-order valence-corrected chi connectivity index (χ2v) is 8.54. The third kappa shape index (κ3) is 5.00. The Morgan fingerprint density at radius 1 is 0.964 bits per heavy atom. The van der Waals surface area contributed by atoms with Crippen LogP contribution in [0.2, 0.25) is 5.02 Å². The van der Waals surface area contributed by atoms with Gasteiger partial charge in [0.15, 0.2) is 0 Å². The molecule has 0 heterocycles. The number of nitrogens with one attached hydrogen (secondary N) is 1. The van der Waals surface area contributed by atoms with Crippen LogP contribution in [0, 0.1) is 0 Å². The summed E-state index contributed by atoms with van der Waals surface area (Å²) in [5.74, 6) is -1.33. The van der Waals surface area contributed by atoms with Gasteiger partial charge in [-0.2, -0.15) is 0 Å². The van der Waals surface area contributed by atoms with E-state index in [1.54, 1.807) is 54.6 Å². The lowest BCUT2D eigenvalue weighted by Crippen LogP contribution is -2.45. The number of carbonyl (C=O) groups excluding carboxylic acids is 2. The van der Waals surface area contributed by atoms with Crippen molar-refractivity contribution in [2.45, 2.75) is 11.7 Å². The number of rotatable bonds is 8. The fraction of sp³-hybridized carbons (Fsp3) is 0.263. The highest BCUT2D eigenvalue weighted by Crippen LogP contribution is 2.61. The molecule has 0 spiro atoms. The molecule has 0 unspecified atom stereocenters. The quantitative estimate of drug-likeness (QED) is 0.510. The Labute approximate surface area is 168 Å². The summed E-state index contributed by atoms with van der Waals surface area (Å²) in [6.45, 7) is 0. The molecular weight excluding hydrogens is 405 g/mol. The van der Waals surface area contributed by atoms with E-state index in [0.717, 1.165) is 0 Å². The molecule has 2 atom stereocenters. The summed E-state index contributed by atoms with van der Waals surface area (Å²) in [5.41, 5.74) is -0.393. The maximum atomic E-state index is 13.3. The van der Waals surface area contributed by atoms with Crippen molar-refractivity contribution >= 4 is 31.1 Å². The molecule has 2 rings (SSSR count). The lowest BCUT2D eigenvalue weighted by Gasteiger charge is -2.30. The van der Waals surface area contributed by atoms with Crippen LogP contribution in [-0.2, 0) is 23.1 Å². The second kappa shape index (κ2) is 9.85. The Morgan fingerprint density at radius 3 is 2.04 bits per heavy atom. The van der Waals surface area contributed by atoms with Gasteiger partial charge in [-0.1, -0.05) is 41.9 Å². The number of amides is 1. The Morgan fingerprint density at radius 2 is 1.54 bits per heavy atom. The van der Waals surface area contributed by atoms with Gasteiger partial charge >= 0.3 is 13.6 Å². The first-order chi connectivity index (χ1) is 13.4. The molecular formula is C19H21ClNO6P. The van der Waals surface area contributed by atoms with Crippen molar-refractivity contribution in [2.24, 2.45) is 0 Å². The maximum absolute atomic E-state index is 13.3. The predicted molar refractivity (Wildman–Crippen MR) is 106 cm³/mol. The van der Waals surface area contributed by atoms with Crippen LogP contribution < -0.4 is 5.32 Å². The van der Waals surface area contributed by atoms with Gasteiger partial charge in [-0.3, -0.25) is 9.36 Å². The fourth-order valence-corrected chi connectivity index (χ4v) is 4.56. The Kier molecular flexibility index (Phi) is 7.78. The molecule has 1 N–H and O–H groups in total. The van der Waals surface area contributed by atoms with Gasteiger partial charge in [0, 0.05) is 24.8 Å². The van der Waals surface area contributed by atoms with E-state index in [1.807, 2.05) is 0 Å². The van der Waals surface area contributed by atoms with Crippen LogP contribution in [0.15, 0.2) is 54.6 Å². The average molecular weight is 426 g/mol. The zero-order valence-electron chi connectivity index (χ0n) is 15.6. The van der Waals surface area contributed by atoms with Crippen molar-refractivity contribution in [3.8, 4) is 0 Å². The molecule has 150 valence electrons. The van der Waals surface area contributed by atoms with Gasteiger partial charge in [0.25, 0.3) is 5.91 Å². The molecule has 0 aliphatic heterocycles. The summed E-state index contributed by atoms with van der Waals surface area (Å²) in [6, 6.07) is 13.3. The van der Waals surface area contributed by atoms with Gasteiger partial charge in [0.2, 0.25) is 0 Å². The zero-order valence-corrected chi connectivity index (χ0v) is 17.3. The van der Waals surface area contributed by atoms with Gasteiger partial charge in [-0.05, 0) is 29.8 Å². The molecule has 0 aliphatic rings. The maximum Gasteiger partial charge on any atom is 0.340 e. The first-order valence-corrected chi connectivity index (χ1v) is 10.3. The monoisotopic (exact) mass is 425 g/mol. The van der Waals surface area contributed by atoms with Crippen LogP contribution in [0.5, 0.6) is 0 Å². The summed E-state index contributed by atoms with van der Waals surface area (Å²) < 4.78 is 28.4. The summed E-state index contributed by atoms with van der Waals surface area (Å²) >= 11 is 5.94. The topological polar surface area (TPSA) is 90.9 Å². The smallest absolute Gasteiger partial charge is 0.340 e. The first-order valence-electron chi connectivity index (χ1n) is 8.26. The first kappa shape index (κ1) is 22.1. The molecule has 0 saturated carbocycles. The van der Waals surface area contributed by atoms with Gasteiger partial charge in [0.05, 0.1) is 7.11 Å². The number of benzene rings is 2. The van der Waals surface area contributed by atoms with E-state index in [9.17, 15) is 14.2 Å². The summed E-state index contributed by atoms with van der Waals surface area (Å²) in [4.78, 5) is 25.2. The number of hydrogen-bond acceptors (Lipinski definition) is 6. The van der Waals surface area contributed by atoms with Crippen LogP contribution in [0.4, 0.5) is 0 Å². The van der Waals surface area contributed by atoms with Gasteiger partial charge in [-0.15, -0.1) is 0 Å². The van der Waals surface area contributed by atoms with Crippen LogP contribution in [0.1, 0.15) is 21.6 Å². The third-order valence-corrected chi connectivity index (χ3v) is 6.70. The number of hydrogen-bond donors (Lipinski definition) is 1. The minimum atomic E-state index is -3.86. The van der Waals surface area contributed by atoms with E-state index < -0.39 is 31.2 Å². The Balaban J connectivity index is 2.52. The summed E-state index contributed by atoms with van der Waals surface area (Å²) in [5, 5.41) is 3.05. The number of esters is 1. The van der Waals surface area contributed by atoms with E-state index in [1.165, 1.54) is 21.3 Å². The molecule has 0 saturated heterocycles. The molecule has 2 aromatic carbocycles. The lowest BCUT2D eigenvalue weighted by atomic mass is 10.0. The van der Waals surface area contributed by atoms with Crippen LogP contribution in [0.25, 0.3) is 0 Å². The highest BCUT2D eigenvalue weighted by atomic mass is 35.5. The fourth-order valence-electron chi connectivity index (χ4n) is 2.73. The Bertz CT molecular complexity index is 850. The van der Waals surface area contributed by atoms with Crippen molar-refractivity contribution in [3.05, 3.63) is 70.7 Å². The van der Waals surface area contributed by atoms with Gasteiger partial charge < -0.3 is 19.1 Å². The lowest BCUT2D eigenvalue weighted by molar-refractivity contribution is -0.143. The molecule has 9 heteroatoms. The van der Waals surface area contributed by atoms with Crippen molar-refractivity contribution in [2.75, 3.05) is 21.3 Å². The molecule has 0 bridgehead atoms. The van der Waals surface area contributed by atoms with Crippen molar-refractivity contribution in [1.82, 2.24) is 5.32 Å². The molecule has 0 aromatic heterocycles. The SMILES string of the molecule is COC(=O)[C@H](NC(=O)c1ccccc1)[C@H](c1ccc(Cl)cc1)P(=O)(OC)OC. The molecule has 0 radical (unpaired) electrons. The van der Waals surface area contributed by atoms with E-state index in [-0.39, 0.29) is 0 Å². The summed E-state index contributed by atoms with van der Waals surface area (Å²) in [6.07, 6.45) is 0. The summed E-state index contributed by atoms with van der Waals surface area (Å²) in [7, 11) is -0.266. The third-order valence-electron chi connectivity index (χ3n) is 4.15. The minimum Gasteiger partial charge on any atom is -0.467 e. The minimum absolute atomic E-state index is 0.330. The normalized spacial score (nSPS) is 13.4. The van der Waals surface area contributed by atoms with Gasteiger partial charge in [-0.25, -0.2) is 4.79 Å². The molecule has 2 aromatic rings. The standard InChI is InChI=1S/C19H21ClNO6P/c1-25-19(23)16(21-18(22)14-7-5-4-6-8-14)17(28(24,26-2)27-3)13-9-11-15(20)12-10-13/h4-12,16-17H,1-3H3,(H,21,22)/t16-,17+/m1/s1. The largest absolute Gasteiger partial charge is 0.467 e. The van der Waals surface area contributed by atoms with E-state index in [0.29, 0.717) is 16.1 Å². The molecule has 28 heavy (non-hydrogen) atoms. The van der Waals surface area contributed by atoms with Crippen LogP contribution >= 0.6 is 19.2 Å². The molecule has 0 aliphatic carbocycles. The predicted octanol–water partition coefficient (Wildman–Crippen LogP) is 3.84. The van der Waals surface area contributed by atoms with E-state index >= 15 is 0 Å². The van der Waals surface area contributed by atoms with Crippen molar-refractivity contribution in [3.63, 3.8) is 0 Å². The average Bonchev–Trinajstić information content (AvgIpc) is 2.74. The van der Waals surface area contributed by atoms with E-state index in [2.05, 4.69) is 5.32 Å². The van der Waals surface area contributed by atoms with Crippen molar-refractivity contribution < 1.29 is 27.9 Å².